The first-order chi connectivity index (χ1) is 13.0. The lowest BCUT2D eigenvalue weighted by molar-refractivity contribution is 0.443. The molecule has 2 heterocycles. The van der Waals surface area contributed by atoms with Gasteiger partial charge >= 0.3 is 0 Å². The summed E-state index contributed by atoms with van der Waals surface area (Å²) in [4.78, 5) is 4.18. The molecular formula is C18H26N4O3S2. The molecule has 0 spiro atoms. The molecule has 2 N–H and O–H groups in total. The van der Waals surface area contributed by atoms with E-state index in [9.17, 15) is 8.42 Å². The molecule has 7 nitrogen and oxygen atoms in total. The van der Waals surface area contributed by atoms with Crippen LogP contribution in [0.4, 0.5) is 0 Å². The first kappa shape index (κ1) is 20.0. The van der Waals surface area contributed by atoms with E-state index in [0.29, 0.717) is 25.6 Å². The third kappa shape index (κ3) is 5.18. The second kappa shape index (κ2) is 8.99. The average Bonchev–Trinajstić information content (AvgIpc) is 3.12. The van der Waals surface area contributed by atoms with Gasteiger partial charge in [-0.25, -0.2) is 12.7 Å². The molecule has 148 valence electrons. The summed E-state index contributed by atoms with van der Waals surface area (Å²) < 4.78 is 32.2. The third-order valence-electron chi connectivity index (χ3n) is 4.46. The summed E-state index contributed by atoms with van der Waals surface area (Å²) >= 11 is 1.79. The van der Waals surface area contributed by atoms with Crippen LogP contribution in [0.15, 0.2) is 39.7 Å². The van der Waals surface area contributed by atoms with Gasteiger partial charge in [0.15, 0.2) is 5.96 Å². The highest BCUT2D eigenvalue weighted by atomic mass is 32.2. The third-order valence-corrected chi connectivity index (χ3v) is 7.28. The van der Waals surface area contributed by atoms with Gasteiger partial charge in [-0.3, -0.25) is 4.99 Å². The normalized spacial score (nSPS) is 17.8. The van der Waals surface area contributed by atoms with E-state index in [4.69, 9.17) is 4.42 Å². The minimum atomic E-state index is -3.23. The fourth-order valence-electron chi connectivity index (χ4n) is 2.94. The van der Waals surface area contributed by atoms with Crippen molar-refractivity contribution in [2.24, 2.45) is 4.99 Å². The summed E-state index contributed by atoms with van der Waals surface area (Å²) in [5.74, 6) is 3.14. The fourth-order valence-corrected chi connectivity index (χ4v) is 5.43. The number of guanidine groups is 1. The highest BCUT2D eigenvalue weighted by Gasteiger charge is 2.23. The van der Waals surface area contributed by atoms with Crippen LogP contribution in [0.5, 0.6) is 0 Å². The molecule has 2 aromatic rings. The van der Waals surface area contributed by atoms with Crippen LogP contribution in [-0.4, -0.2) is 62.6 Å². The Hall–Kier alpha value is -1.71. The van der Waals surface area contributed by atoms with Gasteiger partial charge in [-0.2, -0.15) is 11.8 Å². The molecule has 1 aliphatic rings. The van der Waals surface area contributed by atoms with Crippen molar-refractivity contribution in [2.75, 3.05) is 43.9 Å². The molecule has 27 heavy (non-hydrogen) atoms. The number of fused-ring (bicyclic) bond motifs is 1. The van der Waals surface area contributed by atoms with Gasteiger partial charge in [-0.05, 0) is 19.1 Å². The van der Waals surface area contributed by atoms with E-state index in [1.807, 2.05) is 37.3 Å². The standard InChI is InChI=1S/C18H26N4O3S2/c1-14(17-13-15-5-3-4-6-16(15)25-17)21-18(19-2)20-7-12-27(23,24)22-8-10-26-11-9-22/h3-6,13-14H,7-12H2,1-2H3,(H2,19,20,21). The van der Waals surface area contributed by atoms with Crippen LogP contribution in [0.2, 0.25) is 0 Å². The molecule has 3 rings (SSSR count). The smallest absolute Gasteiger partial charge is 0.215 e. The number of para-hydroxylation sites is 1. The molecule has 0 bridgehead atoms. The maximum absolute atomic E-state index is 12.4. The average molecular weight is 411 g/mol. The SMILES string of the molecule is CN=C(NCCS(=O)(=O)N1CCSCC1)NC(C)c1cc2ccccc2o1. The summed E-state index contributed by atoms with van der Waals surface area (Å²) in [5, 5.41) is 7.38. The molecular weight excluding hydrogens is 384 g/mol. The van der Waals surface area contributed by atoms with Crippen LogP contribution in [0.25, 0.3) is 11.0 Å². The first-order valence-corrected chi connectivity index (χ1v) is 11.8. The summed E-state index contributed by atoms with van der Waals surface area (Å²) in [5.41, 5.74) is 0.842. The van der Waals surface area contributed by atoms with Crippen LogP contribution >= 0.6 is 11.8 Å². The molecule has 0 amide bonds. The lowest BCUT2D eigenvalue weighted by Crippen LogP contribution is -2.44. The molecule has 1 fully saturated rings. The molecule has 1 atom stereocenters. The Morgan fingerprint density at radius 1 is 1.33 bits per heavy atom. The number of benzene rings is 1. The number of hydrogen-bond donors (Lipinski definition) is 2. The van der Waals surface area contributed by atoms with E-state index < -0.39 is 10.0 Å². The Kier molecular flexibility index (Phi) is 6.67. The minimum Gasteiger partial charge on any atom is -0.459 e. The monoisotopic (exact) mass is 410 g/mol. The molecule has 1 aromatic carbocycles. The Morgan fingerprint density at radius 2 is 2.07 bits per heavy atom. The van der Waals surface area contributed by atoms with Gasteiger partial charge < -0.3 is 15.1 Å². The zero-order valence-electron chi connectivity index (χ0n) is 15.6. The summed E-state index contributed by atoms with van der Waals surface area (Å²) in [6.45, 7) is 3.48. The summed E-state index contributed by atoms with van der Waals surface area (Å²) in [6.07, 6.45) is 0. The maximum Gasteiger partial charge on any atom is 0.215 e. The Labute approximate surface area is 164 Å². The molecule has 0 aliphatic carbocycles. The van der Waals surface area contributed by atoms with Gasteiger partial charge in [0.2, 0.25) is 10.0 Å². The van der Waals surface area contributed by atoms with Crippen LogP contribution < -0.4 is 10.6 Å². The number of sulfonamides is 1. The van der Waals surface area contributed by atoms with Crippen molar-refractivity contribution in [3.63, 3.8) is 0 Å². The van der Waals surface area contributed by atoms with Gasteiger partial charge in [0.05, 0.1) is 11.8 Å². The van der Waals surface area contributed by atoms with Crippen molar-refractivity contribution in [2.45, 2.75) is 13.0 Å². The highest BCUT2D eigenvalue weighted by molar-refractivity contribution is 7.99. The highest BCUT2D eigenvalue weighted by Crippen LogP contribution is 2.23. The van der Waals surface area contributed by atoms with E-state index in [2.05, 4.69) is 15.6 Å². The summed E-state index contributed by atoms with van der Waals surface area (Å²) in [6, 6.07) is 9.75. The van der Waals surface area contributed by atoms with Crippen molar-refractivity contribution in [1.29, 1.82) is 0 Å². The van der Waals surface area contributed by atoms with Crippen LogP contribution in [-0.2, 0) is 10.0 Å². The van der Waals surface area contributed by atoms with Gasteiger partial charge in [0.1, 0.15) is 11.3 Å². The minimum absolute atomic E-state index is 0.0530. The van der Waals surface area contributed by atoms with Crippen LogP contribution in [0.3, 0.4) is 0 Å². The second-order valence-electron chi connectivity index (χ2n) is 6.38. The summed E-state index contributed by atoms with van der Waals surface area (Å²) in [7, 11) is -1.57. The Bertz CT molecular complexity index is 856. The fraction of sp³-hybridized carbons (Fsp3) is 0.500. The predicted octanol–water partition coefficient (Wildman–Crippen LogP) is 2.04. The van der Waals surface area contributed by atoms with Gasteiger partial charge in [-0.1, -0.05) is 18.2 Å². The predicted molar refractivity (Wildman–Crippen MR) is 112 cm³/mol. The number of furan rings is 1. The zero-order valence-corrected chi connectivity index (χ0v) is 17.3. The van der Waals surface area contributed by atoms with Gasteiger partial charge in [0.25, 0.3) is 0 Å². The lowest BCUT2D eigenvalue weighted by atomic mass is 10.2. The molecule has 1 unspecified atom stereocenters. The molecule has 1 saturated heterocycles. The molecule has 9 heteroatoms. The Balaban J connectivity index is 1.53. The number of thioether (sulfide) groups is 1. The van der Waals surface area contributed by atoms with Crippen molar-refractivity contribution >= 4 is 38.7 Å². The number of aliphatic imine (C=N–C) groups is 1. The number of rotatable bonds is 6. The lowest BCUT2D eigenvalue weighted by Gasteiger charge is -2.25. The van der Waals surface area contributed by atoms with E-state index in [1.165, 1.54) is 0 Å². The van der Waals surface area contributed by atoms with Crippen LogP contribution in [0.1, 0.15) is 18.7 Å². The number of nitrogens with zero attached hydrogens (tertiary/aromatic N) is 2. The first-order valence-electron chi connectivity index (χ1n) is 9.01. The number of nitrogens with one attached hydrogen (secondary N) is 2. The van der Waals surface area contributed by atoms with Gasteiger partial charge in [0, 0.05) is 43.6 Å². The van der Waals surface area contributed by atoms with Crippen LogP contribution in [0, 0.1) is 0 Å². The molecule has 0 saturated carbocycles. The van der Waals surface area contributed by atoms with Crippen molar-refractivity contribution in [3.8, 4) is 0 Å². The largest absolute Gasteiger partial charge is 0.459 e. The van der Waals surface area contributed by atoms with Crippen molar-refractivity contribution in [1.82, 2.24) is 14.9 Å². The second-order valence-corrected chi connectivity index (χ2v) is 9.69. The quantitative estimate of drug-likeness (QED) is 0.560. The van der Waals surface area contributed by atoms with E-state index >= 15 is 0 Å². The van der Waals surface area contributed by atoms with Crippen molar-refractivity contribution < 1.29 is 12.8 Å². The molecule has 1 aliphatic heterocycles. The van der Waals surface area contributed by atoms with Gasteiger partial charge in [-0.15, -0.1) is 0 Å². The molecule has 1 aromatic heterocycles. The Morgan fingerprint density at radius 3 is 2.78 bits per heavy atom. The zero-order chi connectivity index (χ0) is 19.3. The topological polar surface area (TPSA) is 86.9 Å². The van der Waals surface area contributed by atoms with E-state index in [0.717, 1.165) is 28.2 Å². The number of hydrogen-bond acceptors (Lipinski definition) is 5. The van der Waals surface area contributed by atoms with E-state index in [-0.39, 0.29) is 11.8 Å². The van der Waals surface area contributed by atoms with Crippen molar-refractivity contribution in [3.05, 3.63) is 36.1 Å². The molecule has 0 radical (unpaired) electrons. The van der Waals surface area contributed by atoms with E-state index in [1.54, 1.807) is 23.1 Å². The maximum atomic E-state index is 12.4.